The van der Waals surface area contributed by atoms with Crippen LogP contribution in [0.25, 0.3) is 0 Å². The highest BCUT2D eigenvalue weighted by atomic mass is 35.5. The SMILES string of the molecule is CCn1c(SCC(=O)Nc2cccc(Cl)c2)nnc1C(CO)NC(=O)c1ccc(OC)cc1. The van der Waals surface area contributed by atoms with E-state index in [4.69, 9.17) is 16.3 Å². The number of benzene rings is 2. The maximum atomic E-state index is 12.6. The molecule has 3 rings (SSSR count). The van der Waals surface area contributed by atoms with Crippen LogP contribution in [0.3, 0.4) is 0 Å². The number of anilines is 1. The number of amides is 2. The van der Waals surface area contributed by atoms with Crippen molar-refractivity contribution < 1.29 is 19.4 Å². The highest BCUT2D eigenvalue weighted by molar-refractivity contribution is 7.99. The first kappa shape index (κ1) is 24.6. The minimum absolute atomic E-state index is 0.104. The molecule has 174 valence electrons. The lowest BCUT2D eigenvalue weighted by Gasteiger charge is -2.17. The summed E-state index contributed by atoms with van der Waals surface area (Å²) in [5.41, 5.74) is 1.02. The number of ether oxygens (including phenoxy) is 1. The van der Waals surface area contributed by atoms with Crippen molar-refractivity contribution in [3.8, 4) is 5.75 Å². The van der Waals surface area contributed by atoms with E-state index in [2.05, 4.69) is 20.8 Å². The van der Waals surface area contributed by atoms with Crippen molar-refractivity contribution in [1.29, 1.82) is 0 Å². The van der Waals surface area contributed by atoms with Gasteiger partial charge in [0.05, 0.1) is 19.5 Å². The van der Waals surface area contributed by atoms with Crippen LogP contribution in [0.5, 0.6) is 5.75 Å². The van der Waals surface area contributed by atoms with Crippen LogP contribution in [0.4, 0.5) is 5.69 Å². The van der Waals surface area contributed by atoms with Gasteiger partial charge in [-0.3, -0.25) is 9.59 Å². The van der Waals surface area contributed by atoms with Crippen molar-refractivity contribution in [2.45, 2.75) is 24.7 Å². The summed E-state index contributed by atoms with van der Waals surface area (Å²) in [6, 6.07) is 12.7. The molecule has 3 N–H and O–H groups in total. The van der Waals surface area contributed by atoms with Gasteiger partial charge in [0, 0.05) is 22.8 Å². The predicted molar refractivity (Wildman–Crippen MR) is 127 cm³/mol. The largest absolute Gasteiger partial charge is 0.497 e. The Hall–Kier alpha value is -3.08. The molecule has 1 aromatic heterocycles. The molecule has 0 bridgehead atoms. The Morgan fingerprint density at radius 1 is 1.21 bits per heavy atom. The van der Waals surface area contributed by atoms with Gasteiger partial charge in [-0.15, -0.1) is 10.2 Å². The molecule has 0 aliphatic heterocycles. The standard InChI is InChI=1S/C22H24ClN5O4S/c1-3-28-20(18(12-29)25-21(31)14-7-9-17(32-2)10-8-14)26-27-22(28)33-13-19(30)24-16-6-4-5-15(23)11-16/h4-11,18,29H,3,12-13H2,1-2H3,(H,24,30)(H,25,31). The minimum Gasteiger partial charge on any atom is -0.497 e. The molecule has 3 aromatic rings. The number of hydrogen-bond acceptors (Lipinski definition) is 7. The van der Waals surface area contributed by atoms with Crippen LogP contribution in [-0.4, -0.2) is 51.2 Å². The van der Waals surface area contributed by atoms with Gasteiger partial charge in [-0.1, -0.05) is 29.4 Å². The van der Waals surface area contributed by atoms with Gasteiger partial charge in [0.1, 0.15) is 11.8 Å². The molecule has 2 aromatic carbocycles. The van der Waals surface area contributed by atoms with Crippen molar-refractivity contribution in [3.05, 3.63) is 64.9 Å². The van der Waals surface area contributed by atoms with E-state index >= 15 is 0 Å². The van der Waals surface area contributed by atoms with Gasteiger partial charge >= 0.3 is 0 Å². The van der Waals surface area contributed by atoms with E-state index in [0.717, 1.165) is 0 Å². The molecule has 1 unspecified atom stereocenters. The van der Waals surface area contributed by atoms with Crippen LogP contribution in [0.1, 0.15) is 29.1 Å². The van der Waals surface area contributed by atoms with Crippen LogP contribution in [0, 0.1) is 0 Å². The van der Waals surface area contributed by atoms with Gasteiger partial charge in [0.15, 0.2) is 11.0 Å². The number of hydrogen-bond donors (Lipinski definition) is 3. The van der Waals surface area contributed by atoms with Crippen molar-refractivity contribution in [3.63, 3.8) is 0 Å². The average molecular weight is 490 g/mol. The molecule has 1 atom stereocenters. The van der Waals surface area contributed by atoms with Crippen LogP contribution < -0.4 is 15.4 Å². The van der Waals surface area contributed by atoms with Crippen LogP contribution in [0.15, 0.2) is 53.7 Å². The van der Waals surface area contributed by atoms with Gasteiger partial charge in [0.2, 0.25) is 5.91 Å². The van der Waals surface area contributed by atoms with Gasteiger partial charge < -0.3 is 25.0 Å². The molecule has 0 aliphatic rings. The minimum atomic E-state index is -0.762. The molecule has 9 nitrogen and oxygen atoms in total. The fourth-order valence-corrected chi connectivity index (χ4v) is 4.03. The molecule has 2 amide bonds. The zero-order valence-corrected chi connectivity index (χ0v) is 19.7. The number of nitrogens with zero attached hydrogens (tertiary/aromatic N) is 3. The van der Waals surface area contributed by atoms with Gasteiger partial charge in [-0.05, 0) is 49.4 Å². The molecular weight excluding hydrogens is 466 g/mol. The maximum absolute atomic E-state index is 12.6. The van der Waals surface area contributed by atoms with Crippen molar-refractivity contribution in [2.24, 2.45) is 0 Å². The molecule has 0 aliphatic carbocycles. The Kier molecular flexibility index (Phi) is 8.70. The quantitative estimate of drug-likeness (QED) is 0.374. The van der Waals surface area contributed by atoms with E-state index in [1.807, 2.05) is 6.92 Å². The van der Waals surface area contributed by atoms with E-state index in [1.165, 1.54) is 11.8 Å². The third-order valence-electron chi connectivity index (χ3n) is 4.65. The summed E-state index contributed by atoms with van der Waals surface area (Å²) < 4.78 is 6.86. The third kappa shape index (κ3) is 6.47. The first-order chi connectivity index (χ1) is 15.9. The fraction of sp³-hybridized carbons (Fsp3) is 0.273. The zero-order chi connectivity index (χ0) is 23.8. The number of methoxy groups -OCH3 is 1. The summed E-state index contributed by atoms with van der Waals surface area (Å²) in [5.74, 6) is 0.558. The molecule has 0 fully saturated rings. The number of halogens is 1. The second kappa shape index (κ2) is 11.7. The van der Waals surface area contributed by atoms with Crippen LogP contribution >= 0.6 is 23.4 Å². The van der Waals surface area contributed by atoms with Crippen molar-refractivity contribution >= 4 is 40.9 Å². The van der Waals surface area contributed by atoms with Gasteiger partial charge in [0.25, 0.3) is 5.91 Å². The fourth-order valence-electron chi connectivity index (χ4n) is 3.03. The van der Waals surface area contributed by atoms with E-state index in [0.29, 0.717) is 39.5 Å². The topological polar surface area (TPSA) is 118 Å². The van der Waals surface area contributed by atoms with Crippen molar-refractivity contribution in [2.75, 3.05) is 24.8 Å². The first-order valence-corrected chi connectivity index (χ1v) is 11.5. The monoisotopic (exact) mass is 489 g/mol. The number of aliphatic hydroxyl groups is 1. The molecular formula is C22H24ClN5O4S. The van der Waals surface area contributed by atoms with Crippen LogP contribution in [-0.2, 0) is 11.3 Å². The number of aliphatic hydroxyl groups excluding tert-OH is 1. The highest BCUT2D eigenvalue weighted by Gasteiger charge is 2.23. The summed E-state index contributed by atoms with van der Waals surface area (Å²) >= 11 is 7.15. The van der Waals surface area contributed by atoms with Gasteiger partial charge in [-0.25, -0.2) is 0 Å². The highest BCUT2D eigenvalue weighted by Crippen LogP contribution is 2.22. The Morgan fingerprint density at radius 2 is 1.97 bits per heavy atom. The molecule has 11 heteroatoms. The molecule has 0 radical (unpaired) electrons. The number of aromatic nitrogens is 3. The Bertz CT molecular complexity index is 1110. The number of thioether (sulfide) groups is 1. The molecule has 0 saturated carbocycles. The lowest BCUT2D eigenvalue weighted by atomic mass is 10.2. The lowest BCUT2D eigenvalue weighted by molar-refractivity contribution is -0.113. The van der Waals surface area contributed by atoms with E-state index in [-0.39, 0.29) is 24.2 Å². The Balaban J connectivity index is 1.65. The third-order valence-corrected chi connectivity index (χ3v) is 5.86. The lowest BCUT2D eigenvalue weighted by Crippen LogP contribution is -2.32. The second-order valence-corrected chi connectivity index (χ2v) is 8.25. The summed E-state index contributed by atoms with van der Waals surface area (Å²) in [6.45, 7) is 2.03. The normalized spacial score (nSPS) is 11.6. The average Bonchev–Trinajstić information content (AvgIpc) is 3.23. The zero-order valence-electron chi connectivity index (χ0n) is 18.1. The van der Waals surface area contributed by atoms with Crippen LogP contribution in [0.2, 0.25) is 5.02 Å². The number of carbonyl (C=O) groups excluding carboxylic acids is 2. The van der Waals surface area contributed by atoms with E-state index < -0.39 is 6.04 Å². The molecule has 0 saturated heterocycles. The summed E-state index contributed by atoms with van der Waals surface area (Å²) in [6.07, 6.45) is 0. The molecule has 1 heterocycles. The first-order valence-electron chi connectivity index (χ1n) is 10.1. The Labute approximate surface area is 200 Å². The van der Waals surface area contributed by atoms with Crippen molar-refractivity contribution in [1.82, 2.24) is 20.1 Å². The van der Waals surface area contributed by atoms with E-state index in [1.54, 1.807) is 60.2 Å². The number of rotatable bonds is 10. The predicted octanol–water partition coefficient (Wildman–Crippen LogP) is 3.15. The second-order valence-electron chi connectivity index (χ2n) is 6.87. The summed E-state index contributed by atoms with van der Waals surface area (Å²) in [4.78, 5) is 24.9. The smallest absolute Gasteiger partial charge is 0.251 e. The van der Waals surface area contributed by atoms with Gasteiger partial charge in [-0.2, -0.15) is 0 Å². The maximum Gasteiger partial charge on any atom is 0.251 e. The summed E-state index contributed by atoms with van der Waals surface area (Å²) in [7, 11) is 1.55. The number of nitrogens with one attached hydrogen (secondary N) is 2. The molecule has 33 heavy (non-hydrogen) atoms. The molecule has 0 spiro atoms. The van der Waals surface area contributed by atoms with E-state index in [9.17, 15) is 14.7 Å². The summed E-state index contributed by atoms with van der Waals surface area (Å²) in [5, 5.41) is 24.8. The number of carbonyl (C=O) groups is 2. The Morgan fingerprint density at radius 3 is 2.61 bits per heavy atom.